The van der Waals surface area contributed by atoms with Crippen molar-refractivity contribution >= 4 is 33.8 Å². The zero-order valence-electron chi connectivity index (χ0n) is 23.8. The normalized spacial score (nSPS) is 11.6. The Bertz CT molecular complexity index is 1320. The number of unbranched alkanes of at least 4 members (excludes halogenated alkanes) is 1. The van der Waals surface area contributed by atoms with E-state index in [-0.39, 0.29) is 55.7 Å². The van der Waals surface area contributed by atoms with Gasteiger partial charge in [0.15, 0.2) is 9.84 Å². The molecule has 0 fully saturated rings. The van der Waals surface area contributed by atoms with Crippen LogP contribution in [0.1, 0.15) is 74.1 Å². The van der Waals surface area contributed by atoms with Crippen molar-refractivity contribution in [1.82, 2.24) is 4.57 Å². The summed E-state index contributed by atoms with van der Waals surface area (Å²) in [6, 6.07) is 8.85. The molecule has 1 aromatic carbocycles. The Morgan fingerprint density at radius 3 is 2.20 bits per heavy atom. The van der Waals surface area contributed by atoms with Crippen molar-refractivity contribution < 1.29 is 46.5 Å². The van der Waals surface area contributed by atoms with Gasteiger partial charge in [0.25, 0.3) is 0 Å². The number of hydrogen-bond donors (Lipinski definition) is 0. The Hall–Kier alpha value is -3.67. The molecule has 12 heteroatoms. The summed E-state index contributed by atoms with van der Waals surface area (Å²) in [7, 11) is -3.02. The average Bonchev–Trinajstić information content (AvgIpc) is 3.18. The van der Waals surface area contributed by atoms with Crippen LogP contribution in [-0.2, 0) is 51.4 Å². The van der Waals surface area contributed by atoms with E-state index in [4.69, 9.17) is 18.9 Å². The first-order valence-electron chi connectivity index (χ1n) is 12.8. The molecule has 0 atom stereocenters. The summed E-state index contributed by atoms with van der Waals surface area (Å²) in [6.45, 7) is 7.48. The molecule has 0 aliphatic rings. The number of methoxy groups -OCH3 is 1. The summed E-state index contributed by atoms with van der Waals surface area (Å²) in [5.41, 5.74) is -0.342. The Kier molecular flexibility index (Phi) is 11.5. The van der Waals surface area contributed by atoms with E-state index in [0.29, 0.717) is 5.56 Å². The molecule has 11 nitrogen and oxygen atoms in total. The number of sulfone groups is 1. The summed E-state index contributed by atoms with van der Waals surface area (Å²) in [5.74, 6) is -2.42. The highest BCUT2D eigenvalue weighted by molar-refractivity contribution is 7.91. The Balaban J connectivity index is 2.62. The molecule has 0 amide bonds. The van der Waals surface area contributed by atoms with E-state index in [2.05, 4.69) is 0 Å². The quantitative estimate of drug-likeness (QED) is 0.204. The Morgan fingerprint density at radius 1 is 0.975 bits per heavy atom. The first kappa shape index (κ1) is 32.5. The molecule has 1 heterocycles. The van der Waals surface area contributed by atoms with Crippen LogP contribution in [0.15, 0.2) is 35.4 Å². The van der Waals surface area contributed by atoms with Crippen molar-refractivity contribution in [2.45, 2.75) is 77.5 Å². The van der Waals surface area contributed by atoms with Gasteiger partial charge in [0.1, 0.15) is 22.9 Å². The monoisotopic (exact) mass is 579 g/mol. The zero-order chi connectivity index (χ0) is 30.1. The third-order valence-corrected chi connectivity index (χ3v) is 7.53. The van der Waals surface area contributed by atoms with Crippen LogP contribution < -0.4 is 0 Å². The highest BCUT2D eigenvalue weighted by Gasteiger charge is 2.37. The van der Waals surface area contributed by atoms with Gasteiger partial charge in [-0.2, -0.15) is 0 Å². The Labute approximate surface area is 234 Å². The smallest absolute Gasteiger partial charge is 0.420 e. The van der Waals surface area contributed by atoms with E-state index in [1.165, 1.54) is 21.0 Å². The number of aromatic nitrogens is 1. The molecule has 0 bridgehead atoms. The van der Waals surface area contributed by atoms with E-state index in [9.17, 15) is 27.6 Å². The van der Waals surface area contributed by atoms with Crippen LogP contribution in [0.3, 0.4) is 0 Å². The number of carbonyl (C=O) groups excluding carboxylic acids is 4. The van der Waals surface area contributed by atoms with Crippen molar-refractivity contribution in [2.75, 3.05) is 19.5 Å². The van der Waals surface area contributed by atoms with Crippen LogP contribution >= 0.6 is 0 Å². The molecule has 0 N–H and O–H groups in total. The second kappa shape index (κ2) is 14.1. The minimum absolute atomic E-state index is 0.0310. The number of benzene rings is 1. The molecular weight excluding hydrogens is 542 g/mol. The van der Waals surface area contributed by atoms with Gasteiger partial charge in [-0.3, -0.25) is 9.59 Å². The topological polar surface area (TPSA) is 144 Å². The van der Waals surface area contributed by atoms with Crippen molar-refractivity contribution in [1.29, 1.82) is 0 Å². The van der Waals surface area contributed by atoms with E-state index < -0.39 is 50.2 Å². The maximum atomic E-state index is 13.7. The van der Waals surface area contributed by atoms with Crippen LogP contribution in [0.4, 0.5) is 4.79 Å². The number of esters is 3. The molecule has 220 valence electrons. The molecule has 0 radical (unpaired) electrons. The molecule has 1 aromatic heterocycles. The Morgan fingerprint density at radius 2 is 1.62 bits per heavy atom. The summed E-state index contributed by atoms with van der Waals surface area (Å²) in [6.07, 6.45) is -1.02. The van der Waals surface area contributed by atoms with Crippen molar-refractivity contribution in [3.05, 3.63) is 52.7 Å². The molecular formula is C28H37NO10S. The van der Waals surface area contributed by atoms with Gasteiger partial charge in [0, 0.05) is 13.3 Å². The number of hydrogen-bond acceptors (Lipinski definition) is 10. The van der Waals surface area contributed by atoms with Gasteiger partial charge in [-0.1, -0.05) is 30.3 Å². The lowest BCUT2D eigenvalue weighted by Gasteiger charge is -2.21. The zero-order valence-corrected chi connectivity index (χ0v) is 24.6. The number of rotatable bonds is 12. The standard InChI is InChI=1S/C28H37NO10S/c1-19-22(14-15-23(31)36-6)25(40(34,35)17-11-10-16-37-20(2)30)29(27(33)39-28(3,4)5)24(19)26(32)38-18-21-12-8-7-9-13-21/h7-9,12-13H,10-11,14-18H2,1-6H3. The molecule has 0 unspecified atom stereocenters. The summed E-state index contributed by atoms with van der Waals surface area (Å²) in [4.78, 5) is 49.8. The average molecular weight is 580 g/mol. The van der Waals surface area contributed by atoms with Gasteiger partial charge in [-0.05, 0) is 63.6 Å². The van der Waals surface area contributed by atoms with Gasteiger partial charge in [-0.25, -0.2) is 22.6 Å². The van der Waals surface area contributed by atoms with Crippen molar-refractivity contribution in [3.8, 4) is 0 Å². The maximum absolute atomic E-state index is 13.7. The van der Waals surface area contributed by atoms with Crippen LogP contribution in [-0.4, -0.2) is 62.1 Å². The number of nitrogens with zero attached hydrogens (tertiary/aromatic N) is 1. The second-order valence-electron chi connectivity index (χ2n) is 10.1. The highest BCUT2D eigenvalue weighted by Crippen LogP contribution is 2.31. The van der Waals surface area contributed by atoms with Crippen LogP contribution in [0, 0.1) is 6.92 Å². The van der Waals surface area contributed by atoms with Gasteiger partial charge in [0.05, 0.1) is 19.5 Å². The third kappa shape index (κ3) is 9.22. The van der Waals surface area contributed by atoms with E-state index in [1.807, 2.05) is 0 Å². The lowest BCUT2D eigenvalue weighted by atomic mass is 10.1. The van der Waals surface area contributed by atoms with Gasteiger partial charge in [0.2, 0.25) is 0 Å². The molecule has 0 spiro atoms. The van der Waals surface area contributed by atoms with Crippen LogP contribution in [0.2, 0.25) is 0 Å². The second-order valence-corrected chi connectivity index (χ2v) is 12.1. The SMILES string of the molecule is COC(=O)CCc1c(C)c(C(=O)OCc2ccccc2)n(C(=O)OC(C)(C)C)c1S(=O)(=O)CCCCOC(C)=O. The van der Waals surface area contributed by atoms with Crippen LogP contribution in [0.5, 0.6) is 0 Å². The van der Waals surface area contributed by atoms with Crippen molar-refractivity contribution in [3.63, 3.8) is 0 Å². The van der Waals surface area contributed by atoms with Gasteiger partial charge >= 0.3 is 24.0 Å². The fourth-order valence-electron chi connectivity index (χ4n) is 3.88. The highest BCUT2D eigenvalue weighted by atomic mass is 32.2. The fourth-order valence-corrected chi connectivity index (χ4v) is 5.73. The summed E-state index contributed by atoms with van der Waals surface area (Å²) in [5, 5.41) is -0.442. The van der Waals surface area contributed by atoms with E-state index in [1.54, 1.807) is 51.1 Å². The lowest BCUT2D eigenvalue weighted by molar-refractivity contribution is -0.141. The number of ether oxygens (including phenoxy) is 4. The van der Waals surface area contributed by atoms with Gasteiger partial charge in [-0.15, -0.1) is 0 Å². The first-order valence-corrected chi connectivity index (χ1v) is 14.4. The first-order chi connectivity index (χ1) is 18.7. The predicted octanol–water partition coefficient (Wildman–Crippen LogP) is 4.16. The predicted molar refractivity (Wildman–Crippen MR) is 145 cm³/mol. The lowest BCUT2D eigenvalue weighted by Crippen LogP contribution is -2.31. The van der Waals surface area contributed by atoms with Crippen LogP contribution in [0.25, 0.3) is 0 Å². The molecule has 40 heavy (non-hydrogen) atoms. The van der Waals surface area contributed by atoms with Crippen molar-refractivity contribution in [2.24, 2.45) is 0 Å². The molecule has 2 aromatic rings. The molecule has 0 aliphatic heterocycles. The largest absolute Gasteiger partial charge is 0.469 e. The molecule has 0 saturated heterocycles. The molecule has 2 rings (SSSR count). The minimum Gasteiger partial charge on any atom is -0.469 e. The number of carbonyl (C=O) groups is 4. The van der Waals surface area contributed by atoms with Gasteiger partial charge < -0.3 is 18.9 Å². The molecule has 0 saturated carbocycles. The third-order valence-electron chi connectivity index (χ3n) is 5.69. The maximum Gasteiger partial charge on any atom is 0.420 e. The summed E-state index contributed by atoms with van der Waals surface area (Å²) < 4.78 is 48.7. The van der Waals surface area contributed by atoms with E-state index in [0.717, 1.165) is 4.57 Å². The minimum atomic E-state index is -4.22. The fraction of sp³-hybridized carbons (Fsp3) is 0.500. The molecule has 0 aliphatic carbocycles. The summed E-state index contributed by atoms with van der Waals surface area (Å²) >= 11 is 0. The van der Waals surface area contributed by atoms with E-state index >= 15 is 0 Å².